The highest BCUT2D eigenvalue weighted by Gasteiger charge is 2.21. The number of carbonyl (C=O) groups excluding carboxylic acids is 1. The molecular weight excluding hydrogens is 400 g/mol. The van der Waals surface area contributed by atoms with Crippen molar-refractivity contribution in [1.29, 1.82) is 0 Å². The van der Waals surface area contributed by atoms with Crippen LogP contribution in [0.5, 0.6) is 5.88 Å². The Kier molecular flexibility index (Phi) is 4.82. The lowest BCUT2D eigenvalue weighted by Gasteiger charge is -2.28. The molecule has 4 aromatic rings. The standard InChI is InChI=1S/C21H18N6O2S/c1-12-26-27-21(30-12)14-2-3-17-15(8-14)9-18(25-20(17)29-16-10-23-11-16)24-19(28)13-4-6-22-7-5-13/h2-9,16,23H,10-11H2,1H3,(H,24,25,28). The largest absolute Gasteiger partial charge is 0.471 e. The van der Waals surface area contributed by atoms with Gasteiger partial charge in [-0.2, -0.15) is 4.98 Å². The number of hydrogen-bond donors (Lipinski definition) is 2. The first-order valence-electron chi connectivity index (χ1n) is 9.50. The van der Waals surface area contributed by atoms with E-state index in [9.17, 15) is 4.79 Å². The minimum absolute atomic E-state index is 0.0670. The number of anilines is 1. The summed E-state index contributed by atoms with van der Waals surface area (Å²) in [6.07, 6.45) is 3.23. The number of rotatable bonds is 5. The summed E-state index contributed by atoms with van der Waals surface area (Å²) >= 11 is 1.54. The van der Waals surface area contributed by atoms with Gasteiger partial charge in [0.25, 0.3) is 5.91 Å². The van der Waals surface area contributed by atoms with Gasteiger partial charge in [0, 0.05) is 42.0 Å². The number of aromatic nitrogens is 4. The average Bonchev–Trinajstić information content (AvgIpc) is 3.17. The van der Waals surface area contributed by atoms with Crippen molar-refractivity contribution >= 4 is 33.8 Å². The molecule has 0 unspecified atom stereocenters. The number of hydrogen-bond acceptors (Lipinski definition) is 8. The molecule has 3 aromatic heterocycles. The predicted octanol–water partition coefficient (Wildman–Crippen LogP) is 3.06. The maximum absolute atomic E-state index is 12.6. The summed E-state index contributed by atoms with van der Waals surface area (Å²) in [6.45, 7) is 3.48. The summed E-state index contributed by atoms with van der Waals surface area (Å²) in [5, 5.41) is 17.9. The van der Waals surface area contributed by atoms with Crippen molar-refractivity contribution in [2.75, 3.05) is 18.4 Å². The van der Waals surface area contributed by atoms with E-state index in [0.717, 1.165) is 39.4 Å². The van der Waals surface area contributed by atoms with Crippen molar-refractivity contribution in [3.63, 3.8) is 0 Å². The van der Waals surface area contributed by atoms with Crippen molar-refractivity contribution in [3.8, 4) is 16.5 Å². The molecule has 0 saturated carbocycles. The van der Waals surface area contributed by atoms with Crippen LogP contribution in [0.15, 0.2) is 48.8 Å². The lowest BCUT2D eigenvalue weighted by molar-refractivity contribution is 0.102. The molecule has 1 aromatic carbocycles. The molecule has 8 nitrogen and oxygen atoms in total. The molecule has 30 heavy (non-hydrogen) atoms. The molecule has 1 saturated heterocycles. The molecular formula is C21H18N6O2S. The Hall–Kier alpha value is -3.43. The molecule has 9 heteroatoms. The van der Waals surface area contributed by atoms with E-state index in [1.165, 1.54) is 11.3 Å². The molecule has 1 aliphatic heterocycles. The first kappa shape index (κ1) is 18.6. The van der Waals surface area contributed by atoms with Crippen LogP contribution in [0.1, 0.15) is 15.4 Å². The van der Waals surface area contributed by atoms with Crippen LogP contribution in [-0.2, 0) is 0 Å². The van der Waals surface area contributed by atoms with E-state index in [1.54, 1.807) is 24.5 Å². The number of fused-ring (bicyclic) bond motifs is 1. The summed E-state index contributed by atoms with van der Waals surface area (Å²) in [4.78, 5) is 21.1. The highest BCUT2D eigenvalue weighted by Crippen LogP contribution is 2.32. The summed E-state index contributed by atoms with van der Waals surface area (Å²) in [5.41, 5.74) is 1.47. The number of carbonyl (C=O) groups is 1. The van der Waals surface area contributed by atoms with Crippen LogP contribution in [0, 0.1) is 6.92 Å². The lowest BCUT2D eigenvalue weighted by Crippen LogP contribution is -2.50. The van der Waals surface area contributed by atoms with Crippen molar-refractivity contribution in [1.82, 2.24) is 25.5 Å². The number of aryl methyl sites for hydroxylation is 1. The Morgan fingerprint density at radius 3 is 2.70 bits per heavy atom. The molecule has 1 amide bonds. The molecule has 0 spiro atoms. The van der Waals surface area contributed by atoms with Gasteiger partial charge in [-0.15, -0.1) is 10.2 Å². The van der Waals surface area contributed by atoms with E-state index in [1.807, 2.05) is 31.2 Å². The zero-order valence-corrected chi connectivity index (χ0v) is 16.9. The molecule has 1 fully saturated rings. The van der Waals surface area contributed by atoms with E-state index in [4.69, 9.17) is 4.74 Å². The smallest absolute Gasteiger partial charge is 0.256 e. The monoisotopic (exact) mass is 418 g/mol. The quantitative estimate of drug-likeness (QED) is 0.513. The molecule has 0 bridgehead atoms. The number of nitrogens with one attached hydrogen (secondary N) is 2. The second-order valence-corrected chi connectivity index (χ2v) is 8.14. The third-order valence-corrected chi connectivity index (χ3v) is 5.66. The molecule has 0 atom stereocenters. The van der Waals surface area contributed by atoms with Gasteiger partial charge < -0.3 is 15.4 Å². The second kappa shape index (κ2) is 7.77. The first-order valence-corrected chi connectivity index (χ1v) is 10.3. The normalized spacial score (nSPS) is 13.8. The van der Waals surface area contributed by atoms with Gasteiger partial charge in [0.05, 0.1) is 0 Å². The second-order valence-electron chi connectivity index (χ2n) is 6.96. The fraction of sp³-hybridized carbons (Fsp3) is 0.190. The average molecular weight is 418 g/mol. The third kappa shape index (κ3) is 3.72. The summed E-state index contributed by atoms with van der Waals surface area (Å²) in [5.74, 6) is 0.678. The van der Waals surface area contributed by atoms with Crippen LogP contribution in [0.25, 0.3) is 21.3 Å². The van der Waals surface area contributed by atoms with Gasteiger partial charge in [-0.1, -0.05) is 17.4 Å². The predicted molar refractivity (Wildman–Crippen MR) is 115 cm³/mol. The summed E-state index contributed by atoms with van der Waals surface area (Å²) < 4.78 is 6.08. The Morgan fingerprint density at radius 2 is 2.00 bits per heavy atom. The fourth-order valence-electron chi connectivity index (χ4n) is 3.12. The highest BCUT2D eigenvalue weighted by atomic mass is 32.1. The molecule has 2 N–H and O–H groups in total. The Balaban J connectivity index is 1.54. The van der Waals surface area contributed by atoms with E-state index in [2.05, 4.69) is 30.8 Å². The number of pyridine rings is 2. The van der Waals surface area contributed by atoms with E-state index < -0.39 is 0 Å². The van der Waals surface area contributed by atoms with Gasteiger partial charge in [-0.3, -0.25) is 9.78 Å². The third-order valence-electron chi connectivity index (χ3n) is 4.78. The molecule has 1 aliphatic rings. The number of amides is 1. The molecule has 150 valence electrons. The lowest BCUT2D eigenvalue weighted by atomic mass is 10.1. The Labute approximate surface area is 176 Å². The maximum atomic E-state index is 12.6. The van der Waals surface area contributed by atoms with Crippen molar-refractivity contribution in [2.24, 2.45) is 0 Å². The number of benzene rings is 1. The summed E-state index contributed by atoms with van der Waals surface area (Å²) in [7, 11) is 0. The maximum Gasteiger partial charge on any atom is 0.256 e. The van der Waals surface area contributed by atoms with Gasteiger partial charge in [0.2, 0.25) is 5.88 Å². The summed E-state index contributed by atoms with van der Waals surface area (Å²) in [6, 6.07) is 11.1. The Bertz CT molecular complexity index is 1220. The minimum Gasteiger partial charge on any atom is -0.471 e. The van der Waals surface area contributed by atoms with Crippen molar-refractivity contribution < 1.29 is 9.53 Å². The fourth-order valence-corrected chi connectivity index (χ4v) is 3.81. The van der Waals surface area contributed by atoms with E-state index in [-0.39, 0.29) is 12.0 Å². The van der Waals surface area contributed by atoms with Crippen LogP contribution >= 0.6 is 11.3 Å². The van der Waals surface area contributed by atoms with Crippen LogP contribution in [0.2, 0.25) is 0 Å². The molecule has 0 aliphatic carbocycles. The van der Waals surface area contributed by atoms with Crippen LogP contribution in [0.3, 0.4) is 0 Å². The van der Waals surface area contributed by atoms with Crippen LogP contribution in [-0.4, -0.2) is 45.3 Å². The number of nitrogens with zero attached hydrogens (tertiary/aromatic N) is 4. The van der Waals surface area contributed by atoms with Gasteiger partial charge in [0.15, 0.2) is 0 Å². The Morgan fingerprint density at radius 1 is 1.17 bits per heavy atom. The van der Waals surface area contributed by atoms with E-state index in [0.29, 0.717) is 17.3 Å². The van der Waals surface area contributed by atoms with E-state index >= 15 is 0 Å². The van der Waals surface area contributed by atoms with Gasteiger partial charge in [-0.25, -0.2) is 0 Å². The zero-order valence-electron chi connectivity index (χ0n) is 16.1. The molecule has 4 heterocycles. The molecule has 0 radical (unpaired) electrons. The van der Waals surface area contributed by atoms with Crippen molar-refractivity contribution in [2.45, 2.75) is 13.0 Å². The van der Waals surface area contributed by atoms with Crippen molar-refractivity contribution in [3.05, 3.63) is 59.4 Å². The van der Waals surface area contributed by atoms with Crippen LogP contribution in [0.4, 0.5) is 5.82 Å². The van der Waals surface area contributed by atoms with Gasteiger partial charge >= 0.3 is 0 Å². The van der Waals surface area contributed by atoms with Gasteiger partial charge in [0.1, 0.15) is 21.9 Å². The highest BCUT2D eigenvalue weighted by molar-refractivity contribution is 7.14. The topological polar surface area (TPSA) is 102 Å². The first-order chi connectivity index (χ1) is 14.7. The van der Waals surface area contributed by atoms with Gasteiger partial charge in [-0.05, 0) is 42.6 Å². The molecule has 5 rings (SSSR count). The number of ether oxygens (including phenoxy) is 1. The van der Waals surface area contributed by atoms with Crippen LogP contribution < -0.4 is 15.4 Å². The SMILES string of the molecule is Cc1nnc(-c2ccc3c(OC4CNC4)nc(NC(=O)c4ccncc4)cc3c2)s1. The minimum atomic E-state index is -0.253. The zero-order chi connectivity index (χ0) is 20.5.